The largest absolute Gasteiger partial charge is 0.490 e. The van der Waals surface area contributed by atoms with E-state index >= 15 is 0 Å². The van der Waals surface area contributed by atoms with Gasteiger partial charge < -0.3 is 14.8 Å². The van der Waals surface area contributed by atoms with Crippen molar-refractivity contribution in [2.75, 3.05) is 6.61 Å². The number of alkyl halides is 3. The number of amides is 1. The van der Waals surface area contributed by atoms with Crippen molar-refractivity contribution in [2.24, 2.45) is 5.92 Å². The molecule has 184 valence electrons. The maximum atomic E-state index is 12.9. The Labute approximate surface area is 197 Å². The second kappa shape index (κ2) is 10.3. The molecular formula is C24H29F3N4O3. The molecule has 1 amide bonds. The number of alkyl carbamates (subject to hydrolysis) is 1. The highest BCUT2D eigenvalue weighted by Gasteiger charge is 2.35. The lowest BCUT2D eigenvalue weighted by Gasteiger charge is -2.33. The highest BCUT2D eigenvalue weighted by atomic mass is 19.4. The molecule has 0 aliphatic heterocycles. The fourth-order valence-electron chi connectivity index (χ4n) is 3.39. The van der Waals surface area contributed by atoms with E-state index in [1.165, 1.54) is 24.3 Å². The zero-order valence-electron chi connectivity index (χ0n) is 20.1. The van der Waals surface area contributed by atoms with E-state index in [9.17, 15) is 23.2 Å². The van der Waals surface area contributed by atoms with E-state index in [1.54, 1.807) is 20.8 Å². The van der Waals surface area contributed by atoms with Crippen molar-refractivity contribution >= 4 is 6.09 Å². The average Bonchev–Trinajstić information content (AvgIpc) is 2.69. The van der Waals surface area contributed by atoms with Crippen LogP contribution in [0.2, 0.25) is 0 Å². The zero-order chi connectivity index (χ0) is 25.7. The van der Waals surface area contributed by atoms with Crippen molar-refractivity contribution in [1.29, 1.82) is 5.26 Å². The summed E-state index contributed by atoms with van der Waals surface area (Å²) in [5.41, 5.74) is -1.000. The summed E-state index contributed by atoms with van der Waals surface area (Å²) >= 11 is 0. The molecule has 0 saturated carbocycles. The molecule has 7 nitrogen and oxygen atoms in total. The number of rotatable bonds is 7. The maximum Gasteiger partial charge on any atom is 0.451 e. The van der Waals surface area contributed by atoms with Crippen molar-refractivity contribution < 1.29 is 27.4 Å². The number of ether oxygens (including phenoxy) is 2. The Morgan fingerprint density at radius 3 is 2.41 bits per heavy atom. The Balaban J connectivity index is 2.25. The third kappa shape index (κ3) is 7.90. The summed E-state index contributed by atoms with van der Waals surface area (Å²) in [6.07, 6.45) is -3.67. The van der Waals surface area contributed by atoms with Gasteiger partial charge in [0.05, 0.1) is 16.8 Å². The predicted molar refractivity (Wildman–Crippen MR) is 120 cm³/mol. The summed E-state index contributed by atoms with van der Waals surface area (Å²) in [5, 5.41) is 12.4. The van der Waals surface area contributed by atoms with E-state index in [0.717, 1.165) is 6.20 Å². The fraction of sp³-hybridized carbons (Fsp3) is 0.500. The van der Waals surface area contributed by atoms with Gasteiger partial charge in [-0.25, -0.2) is 14.8 Å². The van der Waals surface area contributed by atoms with Crippen molar-refractivity contribution in [3.05, 3.63) is 41.9 Å². The molecule has 0 bridgehead atoms. The van der Waals surface area contributed by atoms with Crippen LogP contribution in [0.15, 0.2) is 30.5 Å². The van der Waals surface area contributed by atoms with Gasteiger partial charge in [0.15, 0.2) is 0 Å². The Hall–Kier alpha value is -3.35. The zero-order valence-corrected chi connectivity index (χ0v) is 20.1. The monoisotopic (exact) mass is 478 g/mol. The van der Waals surface area contributed by atoms with E-state index in [1.807, 2.05) is 26.8 Å². The third-order valence-electron chi connectivity index (χ3n) is 4.51. The van der Waals surface area contributed by atoms with Crippen LogP contribution in [0.1, 0.15) is 59.4 Å². The lowest BCUT2D eigenvalue weighted by molar-refractivity contribution is -0.144. The number of nitrogens with zero attached hydrogens (tertiary/aromatic N) is 3. The van der Waals surface area contributed by atoms with Crippen LogP contribution >= 0.6 is 0 Å². The highest BCUT2D eigenvalue weighted by molar-refractivity contribution is 5.69. The molecule has 1 N–H and O–H groups in total. The molecule has 0 saturated heterocycles. The van der Waals surface area contributed by atoms with Crippen LogP contribution in [-0.4, -0.2) is 33.8 Å². The third-order valence-corrected chi connectivity index (χ3v) is 4.51. The number of hydrogen-bond donors (Lipinski definition) is 1. The van der Waals surface area contributed by atoms with Crippen LogP contribution in [0.4, 0.5) is 18.0 Å². The molecule has 0 aliphatic carbocycles. The summed E-state index contributed by atoms with van der Waals surface area (Å²) in [4.78, 5) is 19.2. The standard InChI is InChI=1S/C24H29F3N4O3/c1-15(2)12-23(6,31-21(32)34-22(3,4)5)14-33-19-8-7-16(11-17(19)13-28)18-9-10-29-20(30-18)24(25,26)27/h7-11,15H,12,14H2,1-6H3,(H,31,32). The summed E-state index contributed by atoms with van der Waals surface area (Å²) in [6, 6.07) is 7.73. The summed E-state index contributed by atoms with van der Waals surface area (Å²) in [6.45, 7) is 11.2. The topological polar surface area (TPSA) is 97.1 Å². The van der Waals surface area contributed by atoms with Crippen LogP contribution in [0.25, 0.3) is 11.3 Å². The molecule has 34 heavy (non-hydrogen) atoms. The number of carbonyl (C=O) groups excluding carboxylic acids is 1. The number of hydrogen-bond acceptors (Lipinski definition) is 6. The van der Waals surface area contributed by atoms with Gasteiger partial charge in [-0.15, -0.1) is 0 Å². The second-order valence-corrected chi connectivity index (χ2v) is 9.66. The van der Waals surface area contributed by atoms with E-state index in [-0.39, 0.29) is 29.5 Å². The average molecular weight is 479 g/mol. The summed E-state index contributed by atoms with van der Waals surface area (Å²) < 4.78 is 50.1. The minimum absolute atomic E-state index is 0.0293. The van der Waals surface area contributed by atoms with Crippen LogP contribution in [0, 0.1) is 17.2 Å². The van der Waals surface area contributed by atoms with Crippen LogP contribution < -0.4 is 10.1 Å². The molecule has 0 aliphatic rings. The highest BCUT2D eigenvalue weighted by Crippen LogP contribution is 2.30. The summed E-state index contributed by atoms with van der Waals surface area (Å²) in [7, 11) is 0. The molecule has 0 fully saturated rings. The Morgan fingerprint density at radius 2 is 1.85 bits per heavy atom. The molecule has 0 spiro atoms. The van der Waals surface area contributed by atoms with Crippen LogP contribution in [-0.2, 0) is 10.9 Å². The Morgan fingerprint density at radius 1 is 1.18 bits per heavy atom. The van der Waals surface area contributed by atoms with E-state index < -0.39 is 29.2 Å². The number of halogens is 3. The normalized spacial score (nSPS) is 13.7. The molecule has 1 unspecified atom stereocenters. The van der Waals surface area contributed by atoms with E-state index in [2.05, 4.69) is 15.3 Å². The van der Waals surface area contributed by atoms with Crippen LogP contribution in [0.3, 0.4) is 0 Å². The van der Waals surface area contributed by atoms with Gasteiger partial charge in [0.2, 0.25) is 5.82 Å². The maximum absolute atomic E-state index is 12.9. The van der Waals surface area contributed by atoms with Gasteiger partial charge >= 0.3 is 12.3 Å². The number of carbonyl (C=O) groups is 1. The smallest absolute Gasteiger partial charge is 0.451 e. The van der Waals surface area contributed by atoms with Gasteiger partial charge in [-0.3, -0.25) is 0 Å². The van der Waals surface area contributed by atoms with Crippen molar-refractivity contribution in [3.63, 3.8) is 0 Å². The van der Waals surface area contributed by atoms with Gasteiger partial charge in [0.1, 0.15) is 24.0 Å². The Kier molecular flexibility index (Phi) is 8.14. The molecule has 2 aromatic rings. The van der Waals surface area contributed by atoms with Crippen LogP contribution in [0.5, 0.6) is 5.75 Å². The predicted octanol–water partition coefficient (Wildman–Crippen LogP) is 5.74. The van der Waals surface area contributed by atoms with Gasteiger partial charge in [-0.05, 0) is 64.3 Å². The SMILES string of the molecule is CC(C)CC(C)(COc1ccc(-c2ccnc(C(F)(F)F)n2)cc1C#N)NC(=O)OC(C)(C)C. The van der Waals surface area contributed by atoms with Crippen molar-refractivity contribution in [3.8, 4) is 23.1 Å². The lowest BCUT2D eigenvalue weighted by Crippen LogP contribution is -2.52. The summed E-state index contributed by atoms with van der Waals surface area (Å²) in [5.74, 6) is -0.805. The first-order chi connectivity index (χ1) is 15.6. The quantitative estimate of drug-likeness (QED) is 0.545. The molecule has 1 atom stereocenters. The molecule has 0 radical (unpaired) electrons. The molecular weight excluding hydrogens is 449 g/mol. The first kappa shape index (κ1) is 26.9. The Bertz CT molecular complexity index is 1060. The molecule has 2 rings (SSSR count). The molecule has 10 heteroatoms. The van der Waals surface area contributed by atoms with E-state index in [4.69, 9.17) is 9.47 Å². The van der Waals surface area contributed by atoms with Gasteiger partial charge in [-0.2, -0.15) is 18.4 Å². The first-order valence-electron chi connectivity index (χ1n) is 10.7. The molecule has 1 heterocycles. The van der Waals surface area contributed by atoms with Crippen molar-refractivity contribution in [2.45, 2.75) is 65.3 Å². The van der Waals surface area contributed by atoms with Gasteiger partial charge in [-0.1, -0.05) is 13.8 Å². The minimum Gasteiger partial charge on any atom is -0.490 e. The second-order valence-electron chi connectivity index (χ2n) is 9.66. The number of benzene rings is 1. The lowest BCUT2D eigenvalue weighted by atomic mass is 9.91. The fourth-order valence-corrected chi connectivity index (χ4v) is 3.39. The molecule has 1 aromatic heterocycles. The minimum atomic E-state index is -4.68. The molecule has 1 aromatic carbocycles. The number of nitriles is 1. The van der Waals surface area contributed by atoms with E-state index in [0.29, 0.717) is 12.0 Å². The van der Waals surface area contributed by atoms with Gasteiger partial charge in [0.25, 0.3) is 0 Å². The number of nitrogens with one attached hydrogen (secondary N) is 1. The van der Waals surface area contributed by atoms with Gasteiger partial charge in [0, 0.05) is 11.8 Å². The van der Waals surface area contributed by atoms with Crippen molar-refractivity contribution in [1.82, 2.24) is 15.3 Å². The number of aromatic nitrogens is 2. The first-order valence-corrected chi connectivity index (χ1v) is 10.7.